The second-order valence-electron chi connectivity index (χ2n) is 4.05. The van der Waals surface area contributed by atoms with Crippen molar-refractivity contribution in [2.24, 2.45) is 11.8 Å². The Morgan fingerprint density at radius 1 is 1.44 bits per heavy atom. The standard InChI is InChI=1S/C12H15NO3/c1-8(2)10(6-11(14)15)12(16)9-4-3-5-13-7-9/h3-5,7-8,10H,6H2,1-2H3,(H,14,15). The molecule has 4 nitrogen and oxygen atoms in total. The predicted molar refractivity (Wildman–Crippen MR) is 59.1 cm³/mol. The van der Waals surface area contributed by atoms with E-state index in [1.807, 2.05) is 13.8 Å². The Hall–Kier alpha value is -1.71. The van der Waals surface area contributed by atoms with E-state index in [2.05, 4.69) is 4.98 Å². The van der Waals surface area contributed by atoms with Crippen LogP contribution in [0.1, 0.15) is 30.6 Å². The molecule has 0 saturated carbocycles. The number of hydrogen-bond acceptors (Lipinski definition) is 3. The minimum Gasteiger partial charge on any atom is -0.481 e. The Labute approximate surface area is 94.3 Å². The van der Waals surface area contributed by atoms with Crippen LogP contribution < -0.4 is 0 Å². The van der Waals surface area contributed by atoms with E-state index in [0.29, 0.717) is 5.56 Å². The summed E-state index contributed by atoms with van der Waals surface area (Å²) in [7, 11) is 0. The molecule has 0 aromatic carbocycles. The first kappa shape index (κ1) is 12.4. The number of rotatable bonds is 5. The van der Waals surface area contributed by atoms with E-state index >= 15 is 0 Å². The maximum atomic E-state index is 12.0. The van der Waals surface area contributed by atoms with Gasteiger partial charge in [-0.15, -0.1) is 0 Å². The SMILES string of the molecule is CC(C)C(CC(=O)O)C(=O)c1cccnc1. The molecule has 0 spiro atoms. The van der Waals surface area contributed by atoms with Gasteiger partial charge < -0.3 is 5.11 Å². The van der Waals surface area contributed by atoms with Crippen molar-refractivity contribution in [3.8, 4) is 0 Å². The van der Waals surface area contributed by atoms with Crippen LogP contribution in [0.25, 0.3) is 0 Å². The second-order valence-corrected chi connectivity index (χ2v) is 4.05. The van der Waals surface area contributed by atoms with E-state index in [1.165, 1.54) is 6.20 Å². The molecule has 1 unspecified atom stereocenters. The third-order valence-corrected chi connectivity index (χ3v) is 2.48. The van der Waals surface area contributed by atoms with Gasteiger partial charge >= 0.3 is 5.97 Å². The Bertz CT molecular complexity index is 373. The molecule has 0 fully saturated rings. The summed E-state index contributed by atoms with van der Waals surface area (Å²) in [5.74, 6) is -1.58. The molecule has 1 heterocycles. The van der Waals surface area contributed by atoms with Crippen molar-refractivity contribution in [1.82, 2.24) is 4.98 Å². The summed E-state index contributed by atoms with van der Waals surface area (Å²) in [6.45, 7) is 3.70. The minimum atomic E-state index is -0.948. The predicted octanol–water partition coefficient (Wildman–Crippen LogP) is 2.01. The summed E-state index contributed by atoms with van der Waals surface area (Å²) in [5.41, 5.74) is 0.474. The van der Waals surface area contributed by atoms with Crippen molar-refractivity contribution < 1.29 is 14.7 Å². The molecule has 16 heavy (non-hydrogen) atoms. The summed E-state index contributed by atoms with van der Waals surface area (Å²) < 4.78 is 0. The number of carbonyl (C=O) groups is 2. The molecule has 1 atom stereocenters. The molecule has 86 valence electrons. The van der Waals surface area contributed by atoms with Crippen molar-refractivity contribution in [1.29, 1.82) is 0 Å². The van der Waals surface area contributed by atoms with E-state index in [0.717, 1.165) is 0 Å². The van der Waals surface area contributed by atoms with E-state index < -0.39 is 11.9 Å². The van der Waals surface area contributed by atoms with Gasteiger partial charge in [0.1, 0.15) is 0 Å². The molecule has 0 aliphatic rings. The number of ketones is 1. The number of carboxylic acid groups (broad SMARTS) is 1. The highest BCUT2D eigenvalue weighted by Gasteiger charge is 2.25. The zero-order valence-electron chi connectivity index (χ0n) is 9.38. The highest BCUT2D eigenvalue weighted by atomic mass is 16.4. The van der Waals surface area contributed by atoms with Crippen LogP contribution in [0.2, 0.25) is 0 Å². The number of carboxylic acids is 1. The van der Waals surface area contributed by atoms with Crippen molar-refractivity contribution in [2.75, 3.05) is 0 Å². The smallest absolute Gasteiger partial charge is 0.304 e. The van der Waals surface area contributed by atoms with Crippen molar-refractivity contribution in [2.45, 2.75) is 20.3 Å². The third kappa shape index (κ3) is 3.15. The van der Waals surface area contributed by atoms with Gasteiger partial charge in [0.25, 0.3) is 0 Å². The lowest BCUT2D eigenvalue weighted by Gasteiger charge is -2.17. The summed E-state index contributed by atoms with van der Waals surface area (Å²) in [5, 5.41) is 8.76. The molecule has 0 amide bonds. The van der Waals surface area contributed by atoms with Crippen molar-refractivity contribution >= 4 is 11.8 Å². The van der Waals surface area contributed by atoms with E-state index in [1.54, 1.807) is 18.3 Å². The molecule has 1 N–H and O–H groups in total. The highest BCUT2D eigenvalue weighted by molar-refractivity contribution is 5.99. The first-order chi connectivity index (χ1) is 7.52. The lowest BCUT2D eigenvalue weighted by Crippen LogP contribution is -2.23. The van der Waals surface area contributed by atoms with Crippen molar-refractivity contribution in [3.63, 3.8) is 0 Å². The van der Waals surface area contributed by atoms with Gasteiger partial charge in [-0.2, -0.15) is 0 Å². The Balaban J connectivity index is 2.88. The largest absolute Gasteiger partial charge is 0.481 e. The quantitative estimate of drug-likeness (QED) is 0.772. The first-order valence-electron chi connectivity index (χ1n) is 5.18. The monoisotopic (exact) mass is 221 g/mol. The summed E-state index contributed by atoms with van der Waals surface area (Å²) >= 11 is 0. The maximum absolute atomic E-state index is 12.0. The van der Waals surface area contributed by atoms with E-state index in [9.17, 15) is 9.59 Å². The number of hydrogen-bond donors (Lipinski definition) is 1. The highest BCUT2D eigenvalue weighted by Crippen LogP contribution is 2.20. The fraction of sp³-hybridized carbons (Fsp3) is 0.417. The fourth-order valence-electron chi connectivity index (χ4n) is 1.54. The Morgan fingerprint density at radius 2 is 2.12 bits per heavy atom. The fourth-order valence-corrected chi connectivity index (χ4v) is 1.54. The number of Topliss-reactive ketones (excluding diaryl/α,β-unsaturated/α-hetero) is 1. The molecule has 1 aromatic rings. The molecule has 4 heteroatoms. The number of aliphatic carboxylic acids is 1. The van der Waals surface area contributed by atoms with E-state index in [4.69, 9.17) is 5.11 Å². The van der Waals surface area contributed by atoms with Crippen LogP contribution in [0.15, 0.2) is 24.5 Å². The molecule has 0 bridgehead atoms. The van der Waals surface area contributed by atoms with Gasteiger partial charge in [-0.1, -0.05) is 13.8 Å². The van der Waals surface area contributed by atoms with Gasteiger partial charge in [0.05, 0.1) is 6.42 Å². The summed E-state index contributed by atoms with van der Waals surface area (Å²) in [6, 6.07) is 3.33. The number of nitrogens with zero attached hydrogens (tertiary/aromatic N) is 1. The minimum absolute atomic E-state index is 0.00352. The molecule has 1 aromatic heterocycles. The average molecular weight is 221 g/mol. The van der Waals surface area contributed by atoms with Crippen molar-refractivity contribution in [3.05, 3.63) is 30.1 Å². The normalized spacial score (nSPS) is 12.4. The van der Waals surface area contributed by atoms with Crippen LogP contribution >= 0.6 is 0 Å². The third-order valence-electron chi connectivity index (χ3n) is 2.48. The second kappa shape index (κ2) is 5.39. The van der Waals surface area contributed by atoms with Crippen LogP contribution in [-0.2, 0) is 4.79 Å². The van der Waals surface area contributed by atoms with Gasteiger partial charge in [-0.25, -0.2) is 0 Å². The molecule has 1 rings (SSSR count). The molecular weight excluding hydrogens is 206 g/mol. The Morgan fingerprint density at radius 3 is 2.56 bits per heavy atom. The van der Waals surface area contributed by atoms with Gasteiger partial charge in [-0.3, -0.25) is 14.6 Å². The number of carbonyl (C=O) groups excluding carboxylic acids is 1. The van der Waals surface area contributed by atoms with E-state index in [-0.39, 0.29) is 18.1 Å². The van der Waals surface area contributed by atoms with Gasteiger partial charge in [0, 0.05) is 23.9 Å². The Kier molecular flexibility index (Phi) is 4.17. The van der Waals surface area contributed by atoms with Gasteiger partial charge in [0.15, 0.2) is 5.78 Å². The van der Waals surface area contributed by atoms with Crippen LogP contribution in [0.5, 0.6) is 0 Å². The van der Waals surface area contributed by atoms with Crippen LogP contribution in [0, 0.1) is 11.8 Å². The van der Waals surface area contributed by atoms with Gasteiger partial charge in [0.2, 0.25) is 0 Å². The zero-order valence-corrected chi connectivity index (χ0v) is 9.38. The first-order valence-corrected chi connectivity index (χ1v) is 5.18. The van der Waals surface area contributed by atoms with Crippen LogP contribution in [-0.4, -0.2) is 21.8 Å². The lowest BCUT2D eigenvalue weighted by atomic mass is 9.86. The molecule has 0 radical (unpaired) electrons. The maximum Gasteiger partial charge on any atom is 0.304 e. The lowest BCUT2D eigenvalue weighted by molar-refractivity contribution is -0.138. The summed E-state index contributed by atoms with van der Waals surface area (Å²) in [6.07, 6.45) is 2.92. The molecule has 0 saturated heterocycles. The topological polar surface area (TPSA) is 67.3 Å². The summed E-state index contributed by atoms with van der Waals surface area (Å²) in [4.78, 5) is 26.6. The molecule has 0 aliphatic carbocycles. The zero-order chi connectivity index (χ0) is 12.1. The molecule has 0 aliphatic heterocycles. The average Bonchev–Trinajstić information content (AvgIpc) is 2.25. The van der Waals surface area contributed by atoms with Crippen LogP contribution in [0.4, 0.5) is 0 Å². The van der Waals surface area contributed by atoms with Gasteiger partial charge in [-0.05, 0) is 18.1 Å². The molecular formula is C12H15NO3. The van der Waals surface area contributed by atoms with Crippen LogP contribution in [0.3, 0.4) is 0 Å². The number of pyridine rings is 1. The number of aromatic nitrogens is 1.